The maximum Gasteiger partial charge on any atom is 0.262 e. The molecule has 0 unspecified atom stereocenters. The smallest absolute Gasteiger partial charge is 0.262 e. The maximum absolute atomic E-state index is 12.7. The second-order valence-electron chi connectivity index (χ2n) is 7.17. The Balaban J connectivity index is 1.47. The van der Waals surface area contributed by atoms with Crippen LogP contribution in [0.4, 0.5) is 0 Å². The van der Waals surface area contributed by atoms with Gasteiger partial charge >= 0.3 is 0 Å². The molecule has 1 aliphatic heterocycles. The largest absolute Gasteiger partial charge is 0.494 e. The van der Waals surface area contributed by atoms with Gasteiger partial charge in [0.25, 0.3) is 11.8 Å². The quantitative estimate of drug-likeness (QED) is 0.305. The van der Waals surface area contributed by atoms with Gasteiger partial charge in [0, 0.05) is 18.0 Å². The highest BCUT2D eigenvalue weighted by Gasteiger charge is 2.35. The Bertz CT molecular complexity index is 1290. The summed E-state index contributed by atoms with van der Waals surface area (Å²) in [5.74, 6) is 0.884. The van der Waals surface area contributed by atoms with Gasteiger partial charge in [-0.25, -0.2) is 0 Å². The Hall–Kier alpha value is -3.98. The molecule has 164 valence electrons. The number of imide groups is 1. The molecule has 0 aliphatic carbocycles. The van der Waals surface area contributed by atoms with Gasteiger partial charge in [-0.1, -0.05) is 23.9 Å². The van der Waals surface area contributed by atoms with E-state index < -0.39 is 0 Å². The summed E-state index contributed by atoms with van der Waals surface area (Å²) in [6, 6.07) is 18.2. The monoisotopic (exact) mass is 457 g/mol. The number of benzene rings is 2. The first kappa shape index (κ1) is 20.9. The van der Waals surface area contributed by atoms with E-state index in [-0.39, 0.29) is 17.7 Å². The topological polar surface area (TPSA) is 90.2 Å². The number of carbonyl (C=O) groups excluding carboxylic acids is 2. The molecule has 3 heterocycles. The molecule has 0 bridgehead atoms. The molecule has 2 aromatic carbocycles. The normalized spacial score (nSPS) is 12.8. The van der Waals surface area contributed by atoms with E-state index >= 15 is 0 Å². The van der Waals surface area contributed by atoms with Crippen LogP contribution in [-0.4, -0.2) is 48.9 Å². The van der Waals surface area contributed by atoms with E-state index in [1.807, 2.05) is 47.9 Å². The Kier molecular flexibility index (Phi) is 5.62. The fourth-order valence-electron chi connectivity index (χ4n) is 3.61. The molecule has 33 heavy (non-hydrogen) atoms. The van der Waals surface area contributed by atoms with Crippen LogP contribution in [0, 0.1) is 0 Å². The molecule has 4 aromatic rings. The van der Waals surface area contributed by atoms with Crippen molar-refractivity contribution in [2.45, 2.75) is 12.1 Å². The van der Waals surface area contributed by atoms with Crippen LogP contribution >= 0.6 is 11.8 Å². The summed E-state index contributed by atoms with van der Waals surface area (Å²) in [4.78, 5) is 30.9. The van der Waals surface area contributed by atoms with Gasteiger partial charge in [0.05, 0.1) is 29.3 Å². The molecule has 0 spiro atoms. The fraction of sp³-hybridized carbons (Fsp3) is 0.125. The summed E-state index contributed by atoms with van der Waals surface area (Å²) in [6.07, 6.45) is 3.41. The lowest BCUT2D eigenvalue weighted by atomic mass is 10.1. The summed E-state index contributed by atoms with van der Waals surface area (Å²) in [6.45, 7) is 2.51. The molecule has 0 saturated heterocycles. The molecular weight excluding hydrogens is 438 g/mol. The van der Waals surface area contributed by atoms with Crippen molar-refractivity contribution in [2.75, 3.05) is 12.5 Å². The van der Waals surface area contributed by atoms with Gasteiger partial charge in [-0.2, -0.15) is 0 Å². The van der Waals surface area contributed by atoms with Crippen molar-refractivity contribution in [2.24, 2.45) is 0 Å². The van der Waals surface area contributed by atoms with Crippen LogP contribution in [-0.2, 0) is 0 Å². The van der Waals surface area contributed by atoms with E-state index in [0.717, 1.165) is 17.0 Å². The van der Waals surface area contributed by atoms with E-state index in [9.17, 15) is 9.59 Å². The second kappa shape index (κ2) is 8.87. The van der Waals surface area contributed by atoms with Gasteiger partial charge < -0.3 is 4.74 Å². The molecule has 0 saturated carbocycles. The molecular formula is C24H19N5O3S. The average molecular weight is 458 g/mol. The van der Waals surface area contributed by atoms with Gasteiger partial charge in [0.2, 0.25) is 0 Å². The minimum atomic E-state index is -0.303. The molecule has 1 aliphatic rings. The lowest BCUT2D eigenvalue weighted by molar-refractivity contribution is 0.0684. The molecule has 0 fully saturated rings. The highest BCUT2D eigenvalue weighted by molar-refractivity contribution is 7.99. The van der Waals surface area contributed by atoms with Gasteiger partial charge in [-0.05, 0) is 55.5 Å². The number of amides is 2. The summed E-state index contributed by atoms with van der Waals surface area (Å²) in [7, 11) is 0. The third kappa shape index (κ3) is 3.87. The minimum Gasteiger partial charge on any atom is -0.494 e. The van der Waals surface area contributed by atoms with Crippen LogP contribution in [0.2, 0.25) is 0 Å². The summed E-state index contributed by atoms with van der Waals surface area (Å²) >= 11 is 1.27. The lowest BCUT2D eigenvalue weighted by Crippen LogP contribution is -2.29. The average Bonchev–Trinajstić information content (AvgIpc) is 3.38. The Labute approximate surface area is 194 Å². The zero-order valence-electron chi connectivity index (χ0n) is 17.7. The molecule has 2 aromatic heterocycles. The van der Waals surface area contributed by atoms with Gasteiger partial charge in [-0.15, -0.1) is 10.2 Å². The number of rotatable bonds is 7. The number of fused-ring (bicyclic) bond motifs is 1. The zero-order chi connectivity index (χ0) is 22.8. The van der Waals surface area contributed by atoms with Crippen molar-refractivity contribution < 1.29 is 14.3 Å². The van der Waals surface area contributed by atoms with E-state index in [1.165, 1.54) is 16.7 Å². The van der Waals surface area contributed by atoms with Crippen LogP contribution in [0.5, 0.6) is 5.75 Å². The van der Waals surface area contributed by atoms with Gasteiger partial charge in [0.1, 0.15) is 5.75 Å². The number of pyridine rings is 1. The standard InChI is InChI=1S/C24H19N5O3S/c1-2-32-18-11-9-17(10-12-18)29-21(16-6-5-13-25-14-16)26-27-24(29)33-15-28-22(30)19-7-3-4-8-20(19)23(28)31/h3-14H,2,15H2,1H3. The van der Waals surface area contributed by atoms with Crippen LogP contribution in [0.15, 0.2) is 78.2 Å². The first-order valence-electron chi connectivity index (χ1n) is 10.3. The van der Waals surface area contributed by atoms with Crippen molar-refractivity contribution in [3.63, 3.8) is 0 Å². The van der Waals surface area contributed by atoms with Gasteiger partial charge in [0.15, 0.2) is 11.0 Å². The first-order valence-corrected chi connectivity index (χ1v) is 11.3. The Morgan fingerprint density at radius 1 is 0.909 bits per heavy atom. The molecule has 5 rings (SSSR count). The molecule has 2 amide bonds. The van der Waals surface area contributed by atoms with Crippen LogP contribution in [0.25, 0.3) is 17.1 Å². The number of hydrogen-bond donors (Lipinski definition) is 0. The van der Waals surface area contributed by atoms with E-state index in [1.54, 1.807) is 36.7 Å². The number of ether oxygens (including phenoxy) is 1. The van der Waals surface area contributed by atoms with E-state index in [2.05, 4.69) is 15.2 Å². The van der Waals surface area contributed by atoms with Crippen LogP contribution in [0.3, 0.4) is 0 Å². The van der Waals surface area contributed by atoms with Crippen molar-refractivity contribution >= 4 is 23.6 Å². The molecule has 9 heteroatoms. The third-order valence-corrected chi connectivity index (χ3v) is 6.07. The molecule has 8 nitrogen and oxygen atoms in total. The van der Waals surface area contributed by atoms with Crippen molar-refractivity contribution in [1.29, 1.82) is 0 Å². The SMILES string of the molecule is CCOc1ccc(-n2c(SCN3C(=O)c4ccccc4C3=O)nnc2-c2cccnc2)cc1. The summed E-state index contributed by atoms with van der Waals surface area (Å²) in [5.41, 5.74) is 2.47. The van der Waals surface area contributed by atoms with Crippen LogP contribution in [0.1, 0.15) is 27.6 Å². The second-order valence-corrected chi connectivity index (χ2v) is 8.08. The third-order valence-electron chi connectivity index (χ3n) is 5.16. The number of thioether (sulfide) groups is 1. The predicted octanol–water partition coefficient (Wildman–Crippen LogP) is 4.07. The predicted molar refractivity (Wildman–Crippen MR) is 123 cm³/mol. The zero-order valence-corrected chi connectivity index (χ0v) is 18.5. The number of hydrogen-bond acceptors (Lipinski definition) is 7. The van der Waals surface area contributed by atoms with Crippen molar-refractivity contribution in [3.05, 3.63) is 84.2 Å². The number of nitrogens with zero attached hydrogens (tertiary/aromatic N) is 5. The Morgan fingerprint density at radius 2 is 1.64 bits per heavy atom. The van der Waals surface area contributed by atoms with Crippen molar-refractivity contribution in [3.8, 4) is 22.8 Å². The molecule has 0 N–H and O–H groups in total. The summed E-state index contributed by atoms with van der Waals surface area (Å²) in [5, 5.41) is 9.28. The highest BCUT2D eigenvalue weighted by Crippen LogP contribution is 2.31. The van der Waals surface area contributed by atoms with Crippen molar-refractivity contribution in [1.82, 2.24) is 24.6 Å². The number of carbonyl (C=O) groups is 2. The number of aromatic nitrogens is 4. The maximum atomic E-state index is 12.7. The molecule has 0 atom stereocenters. The summed E-state index contributed by atoms with van der Waals surface area (Å²) < 4.78 is 7.44. The minimum absolute atomic E-state index is 0.120. The van der Waals surface area contributed by atoms with Gasteiger partial charge in [-0.3, -0.25) is 24.0 Å². The van der Waals surface area contributed by atoms with E-state index in [4.69, 9.17) is 4.74 Å². The molecule has 0 radical (unpaired) electrons. The van der Waals surface area contributed by atoms with Crippen LogP contribution < -0.4 is 4.74 Å². The van der Waals surface area contributed by atoms with E-state index in [0.29, 0.717) is 28.7 Å². The fourth-order valence-corrected chi connectivity index (χ4v) is 4.51. The lowest BCUT2D eigenvalue weighted by Gasteiger charge is -2.14. The Morgan fingerprint density at radius 3 is 2.27 bits per heavy atom. The first-order chi connectivity index (χ1) is 16.2. The highest BCUT2D eigenvalue weighted by atomic mass is 32.2.